The lowest BCUT2D eigenvalue weighted by Gasteiger charge is -2.28. The van der Waals surface area contributed by atoms with Crippen molar-refractivity contribution in [1.29, 1.82) is 0 Å². The van der Waals surface area contributed by atoms with Crippen molar-refractivity contribution in [1.82, 2.24) is 5.32 Å². The fourth-order valence-electron chi connectivity index (χ4n) is 1.62. The first-order valence-corrected chi connectivity index (χ1v) is 5.96. The predicted octanol–water partition coefficient (Wildman–Crippen LogP) is 2.23. The molecule has 1 N–H and O–H groups in total. The Labute approximate surface area is 105 Å². The maximum absolute atomic E-state index is 12.8. The first-order chi connectivity index (χ1) is 8.15. The van der Waals surface area contributed by atoms with Crippen molar-refractivity contribution in [2.75, 3.05) is 19.8 Å². The van der Waals surface area contributed by atoms with Crippen molar-refractivity contribution < 1.29 is 13.9 Å². The molecule has 0 spiro atoms. The SMILES string of the molecule is CC1CNC(COc2ccc(F)cc2Cl)CO1. The van der Waals surface area contributed by atoms with Gasteiger partial charge in [0.15, 0.2) is 0 Å². The molecule has 3 nitrogen and oxygen atoms in total. The summed E-state index contributed by atoms with van der Waals surface area (Å²) < 4.78 is 23.8. The third kappa shape index (κ3) is 3.56. The van der Waals surface area contributed by atoms with E-state index in [2.05, 4.69) is 5.32 Å². The van der Waals surface area contributed by atoms with E-state index in [4.69, 9.17) is 21.1 Å². The predicted molar refractivity (Wildman–Crippen MR) is 64.1 cm³/mol. The molecule has 0 bridgehead atoms. The van der Waals surface area contributed by atoms with E-state index in [0.29, 0.717) is 19.0 Å². The van der Waals surface area contributed by atoms with Gasteiger partial charge in [-0.2, -0.15) is 0 Å². The first kappa shape index (κ1) is 12.6. The van der Waals surface area contributed by atoms with Crippen molar-refractivity contribution in [3.63, 3.8) is 0 Å². The Kier molecular flexibility index (Phi) is 4.20. The summed E-state index contributed by atoms with van der Waals surface area (Å²) in [6, 6.07) is 4.24. The molecule has 1 aliphatic heterocycles. The molecule has 1 saturated heterocycles. The summed E-state index contributed by atoms with van der Waals surface area (Å²) >= 11 is 5.85. The lowest BCUT2D eigenvalue weighted by atomic mass is 10.2. The molecule has 17 heavy (non-hydrogen) atoms. The molecule has 0 aromatic heterocycles. The van der Waals surface area contributed by atoms with Gasteiger partial charge in [-0.25, -0.2) is 4.39 Å². The molecule has 5 heteroatoms. The zero-order chi connectivity index (χ0) is 12.3. The third-order valence-corrected chi connectivity index (χ3v) is 2.91. The van der Waals surface area contributed by atoms with Crippen molar-refractivity contribution in [3.8, 4) is 5.75 Å². The Morgan fingerprint density at radius 3 is 3.06 bits per heavy atom. The summed E-state index contributed by atoms with van der Waals surface area (Å²) in [6.45, 7) is 3.89. The number of ether oxygens (including phenoxy) is 2. The van der Waals surface area contributed by atoms with Crippen LogP contribution in [-0.4, -0.2) is 31.9 Å². The van der Waals surface area contributed by atoms with E-state index in [1.165, 1.54) is 18.2 Å². The van der Waals surface area contributed by atoms with Crippen LogP contribution >= 0.6 is 11.6 Å². The minimum absolute atomic E-state index is 0.146. The molecule has 1 aromatic rings. The van der Waals surface area contributed by atoms with Gasteiger partial charge in [-0.15, -0.1) is 0 Å². The number of nitrogens with one attached hydrogen (secondary N) is 1. The van der Waals surface area contributed by atoms with E-state index in [-0.39, 0.29) is 23.0 Å². The summed E-state index contributed by atoms with van der Waals surface area (Å²) in [5, 5.41) is 3.59. The fourth-order valence-corrected chi connectivity index (χ4v) is 1.84. The van der Waals surface area contributed by atoms with Crippen molar-refractivity contribution in [3.05, 3.63) is 29.0 Å². The second-order valence-corrected chi connectivity index (χ2v) is 4.54. The fraction of sp³-hybridized carbons (Fsp3) is 0.500. The van der Waals surface area contributed by atoms with Crippen LogP contribution in [0.25, 0.3) is 0 Å². The topological polar surface area (TPSA) is 30.5 Å². The Hall–Kier alpha value is -0.840. The molecular formula is C12H15ClFNO2. The summed E-state index contributed by atoms with van der Waals surface area (Å²) in [7, 11) is 0. The van der Waals surface area contributed by atoms with Crippen LogP contribution in [0.1, 0.15) is 6.92 Å². The van der Waals surface area contributed by atoms with Gasteiger partial charge in [0.1, 0.15) is 18.2 Å². The Morgan fingerprint density at radius 1 is 1.59 bits per heavy atom. The summed E-state index contributed by atoms with van der Waals surface area (Å²) in [6.07, 6.45) is 0.237. The van der Waals surface area contributed by atoms with Gasteiger partial charge in [0.05, 0.1) is 23.8 Å². The number of rotatable bonds is 3. The first-order valence-electron chi connectivity index (χ1n) is 5.58. The van der Waals surface area contributed by atoms with Crippen molar-refractivity contribution >= 4 is 11.6 Å². The van der Waals surface area contributed by atoms with E-state index < -0.39 is 0 Å². The van der Waals surface area contributed by atoms with Crippen molar-refractivity contribution in [2.45, 2.75) is 19.1 Å². The van der Waals surface area contributed by atoms with Gasteiger partial charge < -0.3 is 14.8 Å². The highest BCUT2D eigenvalue weighted by molar-refractivity contribution is 6.32. The zero-order valence-electron chi connectivity index (χ0n) is 9.58. The molecule has 94 valence electrons. The molecule has 1 aromatic carbocycles. The lowest BCUT2D eigenvalue weighted by molar-refractivity contribution is 0.00456. The molecule has 2 rings (SSSR count). The molecule has 2 atom stereocenters. The van der Waals surface area contributed by atoms with Gasteiger partial charge >= 0.3 is 0 Å². The molecule has 0 radical (unpaired) electrons. The summed E-state index contributed by atoms with van der Waals surface area (Å²) in [4.78, 5) is 0. The van der Waals surface area contributed by atoms with Crippen molar-refractivity contribution in [2.24, 2.45) is 0 Å². The third-order valence-electron chi connectivity index (χ3n) is 2.61. The van der Waals surface area contributed by atoms with Crippen LogP contribution in [0.5, 0.6) is 5.75 Å². The van der Waals surface area contributed by atoms with E-state index >= 15 is 0 Å². The Balaban J connectivity index is 1.85. The van der Waals surface area contributed by atoms with Crippen LogP contribution in [0.4, 0.5) is 4.39 Å². The molecule has 1 fully saturated rings. The van der Waals surface area contributed by atoms with E-state index in [9.17, 15) is 4.39 Å². The molecule has 0 aliphatic carbocycles. The quantitative estimate of drug-likeness (QED) is 0.903. The van der Waals surface area contributed by atoms with E-state index in [0.717, 1.165) is 6.54 Å². The van der Waals surface area contributed by atoms with Crippen LogP contribution in [0.15, 0.2) is 18.2 Å². The van der Waals surface area contributed by atoms with Crippen LogP contribution < -0.4 is 10.1 Å². The summed E-state index contributed by atoms with van der Waals surface area (Å²) in [5.41, 5.74) is 0. The highest BCUT2D eigenvalue weighted by atomic mass is 35.5. The van der Waals surface area contributed by atoms with Crippen LogP contribution in [0.2, 0.25) is 5.02 Å². The average Bonchev–Trinajstić information content (AvgIpc) is 2.30. The van der Waals surface area contributed by atoms with Gasteiger partial charge in [0, 0.05) is 6.54 Å². The highest BCUT2D eigenvalue weighted by Gasteiger charge is 2.18. The standard InChI is InChI=1S/C12H15ClFNO2/c1-8-5-15-10(6-16-8)7-17-12-3-2-9(14)4-11(12)13/h2-4,8,10,15H,5-7H2,1H3. The largest absolute Gasteiger partial charge is 0.490 e. The number of benzene rings is 1. The number of morpholine rings is 1. The minimum atomic E-state index is -0.365. The van der Waals surface area contributed by atoms with Gasteiger partial charge in [-0.05, 0) is 25.1 Å². The smallest absolute Gasteiger partial charge is 0.138 e. The van der Waals surface area contributed by atoms with Crippen LogP contribution in [0.3, 0.4) is 0 Å². The second-order valence-electron chi connectivity index (χ2n) is 4.13. The van der Waals surface area contributed by atoms with E-state index in [1.54, 1.807) is 0 Å². The number of hydrogen-bond acceptors (Lipinski definition) is 3. The van der Waals surface area contributed by atoms with Gasteiger partial charge in [0.25, 0.3) is 0 Å². The lowest BCUT2D eigenvalue weighted by Crippen LogP contribution is -2.48. The zero-order valence-corrected chi connectivity index (χ0v) is 10.3. The Morgan fingerprint density at radius 2 is 2.41 bits per heavy atom. The maximum Gasteiger partial charge on any atom is 0.138 e. The van der Waals surface area contributed by atoms with Gasteiger partial charge in [-0.3, -0.25) is 0 Å². The monoisotopic (exact) mass is 259 g/mol. The highest BCUT2D eigenvalue weighted by Crippen LogP contribution is 2.24. The average molecular weight is 260 g/mol. The maximum atomic E-state index is 12.8. The van der Waals surface area contributed by atoms with Crippen LogP contribution in [-0.2, 0) is 4.74 Å². The molecular weight excluding hydrogens is 245 g/mol. The van der Waals surface area contributed by atoms with E-state index in [1.807, 2.05) is 6.92 Å². The molecule has 0 amide bonds. The van der Waals surface area contributed by atoms with Gasteiger partial charge in [-0.1, -0.05) is 11.6 Å². The summed E-state index contributed by atoms with van der Waals surface area (Å²) in [5.74, 6) is 0.129. The van der Waals surface area contributed by atoms with Gasteiger partial charge in [0.2, 0.25) is 0 Å². The second kappa shape index (κ2) is 5.67. The molecule has 2 unspecified atom stereocenters. The molecule has 0 saturated carbocycles. The minimum Gasteiger partial charge on any atom is -0.490 e. The Bertz CT molecular complexity index is 381. The van der Waals surface area contributed by atoms with Crippen LogP contribution in [0, 0.1) is 5.82 Å². The molecule has 1 heterocycles. The normalized spacial score (nSPS) is 24.6. The number of halogens is 2. The number of hydrogen-bond donors (Lipinski definition) is 1. The molecule has 1 aliphatic rings.